The number of aromatic nitrogens is 4. The summed E-state index contributed by atoms with van der Waals surface area (Å²) in [5.41, 5.74) is 10.7. The quantitative estimate of drug-likeness (QED) is 0.232. The van der Waals surface area contributed by atoms with E-state index in [1.807, 2.05) is 18.3 Å². The van der Waals surface area contributed by atoms with Gasteiger partial charge in [0.1, 0.15) is 5.69 Å². The Hall–Kier alpha value is -5.61. The minimum absolute atomic E-state index is 0.636. The van der Waals surface area contributed by atoms with Crippen molar-refractivity contribution >= 4 is 32.6 Å². The second-order valence-corrected chi connectivity index (χ2v) is 10.5. The molecule has 0 N–H and O–H groups in total. The molecule has 4 nitrogen and oxygen atoms in total. The largest absolute Gasteiger partial charge is 0.309 e. The van der Waals surface area contributed by atoms with Crippen LogP contribution in [-0.4, -0.2) is 19.5 Å². The number of benzene rings is 5. The molecule has 1 aliphatic rings. The van der Waals surface area contributed by atoms with Gasteiger partial charge < -0.3 is 4.57 Å². The van der Waals surface area contributed by atoms with Gasteiger partial charge in [-0.3, -0.25) is 0 Å². The Bertz CT molecular complexity index is 2310. The predicted molar refractivity (Wildman–Crippen MR) is 167 cm³/mol. The van der Waals surface area contributed by atoms with Crippen molar-refractivity contribution in [3.05, 3.63) is 134 Å². The normalized spacial score (nSPS) is 11.9. The van der Waals surface area contributed by atoms with Gasteiger partial charge in [-0.05, 0) is 58.8 Å². The molecule has 1 aliphatic carbocycles. The highest BCUT2D eigenvalue weighted by Gasteiger charge is 2.24. The van der Waals surface area contributed by atoms with Gasteiger partial charge in [-0.1, -0.05) is 84.9 Å². The van der Waals surface area contributed by atoms with E-state index in [4.69, 9.17) is 15.0 Å². The van der Waals surface area contributed by atoms with Crippen LogP contribution >= 0.6 is 0 Å². The Labute approximate surface area is 236 Å². The average Bonchev–Trinajstić information content (AvgIpc) is 3.55. The number of para-hydroxylation sites is 2. The molecule has 0 saturated heterocycles. The lowest BCUT2D eigenvalue weighted by Crippen LogP contribution is -1.96. The van der Waals surface area contributed by atoms with E-state index < -0.39 is 0 Å². The molecule has 0 bridgehead atoms. The molecule has 0 aliphatic heterocycles. The summed E-state index contributed by atoms with van der Waals surface area (Å²) in [6, 6.07) is 44.6. The minimum atomic E-state index is 0.636. The van der Waals surface area contributed by atoms with Crippen LogP contribution in [0.2, 0.25) is 0 Å². The predicted octanol–water partition coefficient (Wildman–Crippen LogP) is 9.10. The van der Waals surface area contributed by atoms with E-state index in [0.29, 0.717) is 5.82 Å². The Balaban J connectivity index is 1.17. The lowest BCUT2D eigenvalue weighted by molar-refractivity contribution is 1.15. The van der Waals surface area contributed by atoms with Crippen molar-refractivity contribution < 1.29 is 0 Å². The topological polar surface area (TPSA) is 43.6 Å². The van der Waals surface area contributed by atoms with Gasteiger partial charge in [0.2, 0.25) is 0 Å². The maximum absolute atomic E-state index is 5.06. The maximum atomic E-state index is 5.06. The zero-order chi connectivity index (χ0) is 26.9. The monoisotopic (exact) mass is 522 g/mol. The van der Waals surface area contributed by atoms with Gasteiger partial charge in [-0.15, -0.1) is 0 Å². The summed E-state index contributed by atoms with van der Waals surface area (Å²) in [7, 11) is 0. The molecule has 0 saturated carbocycles. The summed E-state index contributed by atoms with van der Waals surface area (Å²) in [5, 5.41) is 4.90. The summed E-state index contributed by atoms with van der Waals surface area (Å²) in [6.45, 7) is 0. The van der Waals surface area contributed by atoms with Crippen molar-refractivity contribution in [3.8, 4) is 50.8 Å². The second-order valence-electron chi connectivity index (χ2n) is 10.5. The third-order valence-corrected chi connectivity index (χ3v) is 8.20. The van der Waals surface area contributed by atoms with E-state index in [9.17, 15) is 0 Å². The summed E-state index contributed by atoms with van der Waals surface area (Å²) in [4.78, 5) is 14.9. The van der Waals surface area contributed by atoms with Crippen LogP contribution in [-0.2, 0) is 0 Å². The van der Waals surface area contributed by atoms with Gasteiger partial charge in [0.25, 0.3) is 0 Å². The zero-order valence-corrected chi connectivity index (χ0v) is 22.0. The molecule has 0 amide bonds. The van der Waals surface area contributed by atoms with Crippen LogP contribution in [0.1, 0.15) is 0 Å². The Morgan fingerprint density at radius 2 is 1.27 bits per heavy atom. The highest BCUT2D eigenvalue weighted by molar-refractivity contribution is 6.14. The van der Waals surface area contributed by atoms with Crippen LogP contribution in [0.25, 0.3) is 83.4 Å². The molecule has 0 spiro atoms. The fourth-order valence-electron chi connectivity index (χ4n) is 6.38. The highest BCUT2D eigenvalue weighted by Crippen LogP contribution is 2.46. The first-order chi connectivity index (χ1) is 20.3. The molecule has 0 unspecified atom stereocenters. The van der Waals surface area contributed by atoms with Crippen molar-refractivity contribution in [2.75, 3.05) is 0 Å². The van der Waals surface area contributed by atoms with Crippen molar-refractivity contribution in [2.24, 2.45) is 0 Å². The molecule has 190 valence electrons. The molecule has 8 aromatic rings. The molecule has 0 fully saturated rings. The Kier molecular flexibility index (Phi) is 4.58. The molecule has 4 heteroatoms. The highest BCUT2D eigenvalue weighted by atomic mass is 15.0. The van der Waals surface area contributed by atoms with Crippen LogP contribution in [0.5, 0.6) is 0 Å². The number of hydrogen-bond acceptors (Lipinski definition) is 3. The van der Waals surface area contributed by atoms with Crippen LogP contribution in [0, 0.1) is 0 Å². The van der Waals surface area contributed by atoms with Gasteiger partial charge in [0.05, 0.1) is 22.4 Å². The van der Waals surface area contributed by atoms with Crippen molar-refractivity contribution in [1.29, 1.82) is 0 Å². The van der Waals surface area contributed by atoms with E-state index >= 15 is 0 Å². The van der Waals surface area contributed by atoms with E-state index in [1.165, 1.54) is 38.1 Å². The van der Waals surface area contributed by atoms with Gasteiger partial charge in [-0.25, -0.2) is 15.0 Å². The van der Waals surface area contributed by atoms with Gasteiger partial charge in [-0.2, -0.15) is 0 Å². The summed E-state index contributed by atoms with van der Waals surface area (Å²) < 4.78 is 2.33. The second kappa shape index (κ2) is 8.44. The molecular weight excluding hydrogens is 500 g/mol. The van der Waals surface area contributed by atoms with Gasteiger partial charge >= 0.3 is 0 Å². The number of nitrogens with zero attached hydrogens (tertiary/aromatic N) is 4. The number of hydrogen-bond donors (Lipinski definition) is 0. The Morgan fingerprint density at radius 1 is 0.512 bits per heavy atom. The van der Waals surface area contributed by atoms with Crippen molar-refractivity contribution in [1.82, 2.24) is 19.5 Å². The fourth-order valence-corrected chi connectivity index (χ4v) is 6.38. The maximum Gasteiger partial charge on any atom is 0.178 e. The molecule has 5 aromatic carbocycles. The first-order valence-electron chi connectivity index (χ1n) is 13.8. The molecule has 3 heterocycles. The van der Waals surface area contributed by atoms with Gasteiger partial charge in [0, 0.05) is 39.3 Å². The molecule has 0 atom stereocenters. The Morgan fingerprint density at radius 3 is 2.17 bits per heavy atom. The van der Waals surface area contributed by atoms with E-state index in [1.54, 1.807) is 0 Å². The lowest BCUT2D eigenvalue weighted by atomic mass is 10.0. The van der Waals surface area contributed by atoms with Crippen LogP contribution in [0.4, 0.5) is 0 Å². The average molecular weight is 523 g/mol. The number of pyridine rings is 1. The molecule has 9 rings (SSSR count). The summed E-state index contributed by atoms with van der Waals surface area (Å²) in [6.07, 6.45) is 1.95. The first kappa shape index (κ1) is 22.2. The minimum Gasteiger partial charge on any atom is -0.309 e. The standard InChI is InChI=1S/C37H22N4/c1-2-11-25(12-3-1)41-33-18-5-4-13-26(33)29-21-24(19-20-34(29)41)31-16-8-17-32(39-31)37-38-22-30-27-14-6-9-23-10-7-15-28(35(23)27)36(30)40-37/h1-22H. The fraction of sp³-hybridized carbons (Fsp3) is 0. The molecule has 3 aromatic heterocycles. The molecule has 41 heavy (non-hydrogen) atoms. The third kappa shape index (κ3) is 3.25. The van der Waals surface area contributed by atoms with Crippen LogP contribution < -0.4 is 0 Å². The number of rotatable bonds is 3. The molecule has 0 radical (unpaired) electrons. The van der Waals surface area contributed by atoms with E-state index in [-0.39, 0.29) is 0 Å². The molecular formula is C37H22N4. The lowest BCUT2D eigenvalue weighted by Gasteiger charge is -2.09. The first-order valence-corrected chi connectivity index (χ1v) is 13.8. The van der Waals surface area contributed by atoms with E-state index in [0.717, 1.165) is 39.5 Å². The summed E-state index contributed by atoms with van der Waals surface area (Å²) in [5.74, 6) is 0.636. The van der Waals surface area contributed by atoms with Crippen molar-refractivity contribution in [3.63, 3.8) is 0 Å². The van der Waals surface area contributed by atoms with E-state index in [2.05, 4.69) is 120 Å². The SMILES string of the molecule is c1ccc(-n2c3ccccc3c3cc(-c4cccc(-c5ncc6c(n5)-c5cccc7cccc-6c57)n4)ccc32)cc1. The van der Waals surface area contributed by atoms with Crippen molar-refractivity contribution in [2.45, 2.75) is 0 Å². The van der Waals surface area contributed by atoms with Crippen LogP contribution in [0.3, 0.4) is 0 Å². The number of fused-ring (bicyclic) bond motifs is 6. The smallest absolute Gasteiger partial charge is 0.178 e. The third-order valence-electron chi connectivity index (χ3n) is 8.20. The zero-order valence-electron chi connectivity index (χ0n) is 22.0. The van der Waals surface area contributed by atoms with Gasteiger partial charge in [0.15, 0.2) is 5.82 Å². The van der Waals surface area contributed by atoms with Crippen LogP contribution in [0.15, 0.2) is 134 Å². The summed E-state index contributed by atoms with van der Waals surface area (Å²) >= 11 is 0.